The molecular weight excluding hydrogens is 304 g/mol. The number of nitrogens with zero attached hydrogens (tertiary/aromatic N) is 3. The zero-order chi connectivity index (χ0) is 16.8. The summed E-state index contributed by atoms with van der Waals surface area (Å²) in [5.41, 5.74) is 5.41. The van der Waals surface area contributed by atoms with Gasteiger partial charge < -0.3 is 9.47 Å². The van der Waals surface area contributed by atoms with Crippen molar-refractivity contribution in [2.45, 2.75) is 6.92 Å². The Balaban J connectivity index is 1.82. The van der Waals surface area contributed by atoms with E-state index in [1.54, 1.807) is 13.3 Å². The molecule has 1 aromatic heterocycles. The Hall–Kier alpha value is -3.15. The van der Waals surface area contributed by atoms with Gasteiger partial charge in [-0.2, -0.15) is 5.10 Å². The second-order valence-corrected chi connectivity index (χ2v) is 4.94. The first-order valence-corrected chi connectivity index (χ1v) is 7.63. The highest BCUT2D eigenvalue weighted by Gasteiger charge is 2.08. The van der Waals surface area contributed by atoms with Crippen molar-refractivity contribution in [3.63, 3.8) is 0 Å². The number of methoxy groups -OCH3 is 1. The Kier molecular flexibility index (Phi) is 4.86. The lowest BCUT2D eigenvalue weighted by molar-refractivity contribution is 0.328. The number of benzene rings is 2. The molecule has 6 heteroatoms. The van der Waals surface area contributed by atoms with E-state index in [1.165, 1.54) is 0 Å². The van der Waals surface area contributed by atoms with Crippen molar-refractivity contribution in [3.8, 4) is 11.6 Å². The van der Waals surface area contributed by atoms with Crippen LogP contribution in [0.2, 0.25) is 0 Å². The lowest BCUT2D eigenvalue weighted by Gasteiger charge is -2.08. The molecule has 0 amide bonds. The molecule has 3 aromatic rings. The summed E-state index contributed by atoms with van der Waals surface area (Å²) in [6, 6.07) is 15.2. The topological polar surface area (TPSA) is 68.6 Å². The molecule has 0 radical (unpaired) electrons. The molecule has 0 aliphatic carbocycles. The Morgan fingerprint density at radius 3 is 2.42 bits per heavy atom. The average Bonchev–Trinajstić information content (AvgIpc) is 2.63. The summed E-state index contributed by atoms with van der Waals surface area (Å²) in [5.74, 6) is 1.72. The minimum absolute atomic E-state index is 0.433. The van der Waals surface area contributed by atoms with Gasteiger partial charge in [0.25, 0.3) is 5.88 Å². The summed E-state index contributed by atoms with van der Waals surface area (Å²) in [5, 5.41) is 4.22. The van der Waals surface area contributed by atoms with Crippen molar-refractivity contribution in [1.82, 2.24) is 9.97 Å². The molecule has 0 bridgehead atoms. The lowest BCUT2D eigenvalue weighted by Crippen LogP contribution is -2.03. The van der Waals surface area contributed by atoms with Crippen molar-refractivity contribution in [3.05, 3.63) is 54.1 Å². The van der Waals surface area contributed by atoms with Gasteiger partial charge in [-0.15, -0.1) is 0 Å². The second kappa shape index (κ2) is 7.41. The molecule has 0 aliphatic rings. The van der Waals surface area contributed by atoms with Gasteiger partial charge in [-0.3, -0.25) is 5.43 Å². The fraction of sp³-hybridized carbons (Fsp3) is 0.167. The van der Waals surface area contributed by atoms with E-state index < -0.39 is 0 Å². The maximum Gasteiger partial charge on any atom is 0.259 e. The van der Waals surface area contributed by atoms with E-state index in [4.69, 9.17) is 9.47 Å². The van der Waals surface area contributed by atoms with Crippen LogP contribution in [0.5, 0.6) is 11.6 Å². The number of hydrogen-bond acceptors (Lipinski definition) is 6. The van der Waals surface area contributed by atoms with E-state index in [2.05, 4.69) is 20.5 Å². The smallest absolute Gasteiger partial charge is 0.259 e. The standard InChI is InChI=1S/C18H18N4O2/c1-3-24-18-17(20-15-6-4-5-7-16(15)21-18)22-19-12-13-8-10-14(23-2)11-9-13/h4-12H,3H2,1-2H3,(H,20,22)/b19-12+. The minimum Gasteiger partial charge on any atom is -0.497 e. The highest BCUT2D eigenvalue weighted by molar-refractivity contribution is 5.81. The predicted octanol–water partition coefficient (Wildman–Crippen LogP) is 3.48. The molecule has 0 fully saturated rings. The van der Waals surface area contributed by atoms with Crippen LogP contribution in [0.25, 0.3) is 11.0 Å². The molecular formula is C18H18N4O2. The number of nitrogens with one attached hydrogen (secondary N) is 1. The number of hydrazone groups is 1. The molecule has 1 heterocycles. The number of para-hydroxylation sites is 2. The molecule has 0 saturated heterocycles. The van der Waals surface area contributed by atoms with Crippen LogP contribution in [0.3, 0.4) is 0 Å². The number of anilines is 1. The SMILES string of the molecule is CCOc1nc2ccccc2nc1N/N=C/c1ccc(OC)cc1. The second-order valence-electron chi connectivity index (χ2n) is 4.94. The van der Waals surface area contributed by atoms with E-state index in [-0.39, 0.29) is 0 Å². The van der Waals surface area contributed by atoms with E-state index >= 15 is 0 Å². The quantitative estimate of drug-likeness (QED) is 0.556. The molecule has 6 nitrogen and oxygen atoms in total. The van der Waals surface area contributed by atoms with Crippen molar-refractivity contribution in [1.29, 1.82) is 0 Å². The van der Waals surface area contributed by atoms with Crippen LogP contribution in [0.1, 0.15) is 12.5 Å². The van der Waals surface area contributed by atoms with Crippen LogP contribution in [0.4, 0.5) is 5.82 Å². The highest BCUT2D eigenvalue weighted by atomic mass is 16.5. The minimum atomic E-state index is 0.433. The molecule has 0 unspecified atom stereocenters. The Morgan fingerprint density at radius 1 is 1.04 bits per heavy atom. The summed E-state index contributed by atoms with van der Waals surface area (Å²) in [4.78, 5) is 9.00. The molecule has 2 aromatic carbocycles. The first kappa shape index (κ1) is 15.7. The van der Waals surface area contributed by atoms with Crippen molar-refractivity contribution in [2.24, 2.45) is 5.10 Å². The fourth-order valence-electron chi connectivity index (χ4n) is 2.15. The van der Waals surface area contributed by atoms with E-state index in [0.29, 0.717) is 18.3 Å². The summed E-state index contributed by atoms with van der Waals surface area (Å²) in [6.45, 7) is 2.41. The number of hydrogen-bond donors (Lipinski definition) is 1. The van der Waals surface area contributed by atoms with Crippen molar-refractivity contribution < 1.29 is 9.47 Å². The van der Waals surface area contributed by atoms with E-state index in [1.807, 2.05) is 55.5 Å². The first-order chi connectivity index (χ1) is 11.8. The summed E-state index contributed by atoms with van der Waals surface area (Å²) < 4.78 is 10.7. The molecule has 0 spiro atoms. The summed E-state index contributed by atoms with van der Waals surface area (Å²) >= 11 is 0. The normalized spacial score (nSPS) is 10.9. The van der Waals surface area contributed by atoms with Crippen LogP contribution in [0, 0.1) is 0 Å². The van der Waals surface area contributed by atoms with Crippen LogP contribution < -0.4 is 14.9 Å². The highest BCUT2D eigenvalue weighted by Crippen LogP contribution is 2.23. The van der Waals surface area contributed by atoms with Crippen LogP contribution >= 0.6 is 0 Å². The van der Waals surface area contributed by atoms with Gasteiger partial charge in [0, 0.05) is 0 Å². The maximum atomic E-state index is 5.55. The van der Waals surface area contributed by atoms with Crippen LogP contribution in [-0.2, 0) is 0 Å². The third kappa shape index (κ3) is 3.60. The zero-order valence-electron chi connectivity index (χ0n) is 13.6. The monoisotopic (exact) mass is 322 g/mol. The fourth-order valence-corrected chi connectivity index (χ4v) is 2.15. The van der Waals surface area contributed by atoms with Gasteiger partial charge in [0.1, 0.15) is 5.75 Å². The largest absolute Gasteiger partial charge is 0.497 e. The van der Waals surface area contributed by atoms with Crippen LogP contribution in [0.15, 0.2) is 53.6 Å². The zero-order valence-corrected chi connectivity index (χ0v) is 13.6. The van der Waals surface area contributed by atoms with Crippen LogP contribution in [-0.4, -0.2) is 29.9 Å². The molecule has 0 aliphatic heterocycles. The number of fused-ring (bicyclic) bond motifs is 1. The predicted molar refractivity (Wildman–Crippen MR) is 94.9 cm³/mol. The Bertz CT molecular complexity index is 847. The summed E-state index contributed by atoms with van der Waals surface area (Å²) in [6.07, 6.45) is 1.70. The van der Waals surface area contributed by atoms with Gasteiger partial charge >= 0.3 is 0 Å². The lowest BCUT2D eigenvalue weighted by atomic mass is 10.2. The molecule has 3 rings (SSSR count). The third-order valence-electron chi connectivity index (χ3n) is 3.32. The van der Waals surface area contributed by atoms with Crippen molar-refractivity contribution in [2.75, 3.05) is 19.1 Å². The van der Waals surface area contributed by atoms with Crippen molar-refractivity contribution >= 4 is 23.1 Å². The molecule has 122 valence electrons. The van der Waals surface area contributed by atoms with E-state index in [0.717, 1.165) is 22.3 Å². The van der Waals surface area contributed by atoms with Gasteiger partial charge in [0.2, 0.25) is 5.82 Å². The van der Waals surface area contributed by atoms with E-state index in [9.17, 15) is 0 Å². The number of ether oxygens (including phenoxy) is 2. The van der Waals surface area contributed by atoms with Gasteiger partial charge in [0.05, 0.1) is 31.0 Å². The number of aromatic nitrogens is 2. The average molecular weight is 322 g/mol. The number of rotatable bonds is 6. The molecule has 0 saturated carbocycles. The van der Waals surface area contributed by atoms with Gasteiger partial charge in [-0.25, -0.2) is 9.97 Å². The summed E-state index contributed by atoms with van der Waals surface area (Å²) in [7, 11) is 1.64. The Morgan fingerprint density at radius 2 is 1.75 bits per heavy atom. The first-order valence-electron chi connectivity index (χ1n) is 7.63. The molecule has 1 N–H and O–H groups in total. The Labute approximate surface area is 140 Å². The molecule has 24 heavy (non-hydrogen) atoms. The molecule has 0 atom stereocenters. The van der Waals surface area contributed by atoms with Gasteiger partial charge in [-0.05, 0) is 48.9 Å². The third-order valence-corrected chi connectivity index (χ3v) is 3.32. The maximum absolute atomic E-state index is 5.55. The van der Waals surface area contributed by atoms with Gasteiger partial charge in [-0.1, -0.05) is 12.1 Å². The van der Waals surface area contributed by atoms with Gasteiger partial charge in [0.15, 0.2) is 0 Å².